The van der Waals surface area contributed by atoms with E-state index in [1.807, 2.05) is 47.1 Å². The molecule has 0 bridgehead atoms. The molecule has 0 saturated carbocycles. The zero-order chi connectivity index (χ0) is 24.2. The lowest BCUT2D eigenvalue weighted by Crippen LogP contribution is -2.61. The Balaban J connectivity index is 1.54. The molecule has 10 heteroatoms. The molecule has 4 amide bonds. The van der Waals surface area contributed by atoms with Crippen LogP contribution in [-0.4, -0.2) is 120 Å². The molecule has 2 saturated heterocycles. The molecule has 180 valence electrons. The standard InChI is InChI=1S/C24H31N6O4/c1-4-34-24(33)29-15-13-28(14-16-29)17-19-25-21-20(22(31)27(3)23(32)26(21)2)30(19)12-8-11-18-9-6-5-7-10-18/h5-11,20H,4,12-17H2,1-3H3/q+1/b11-8+. The number of piperazine rings is 1. The molecule has 1 aromatic rings. The van der Waals surface area contributed by atoms with Gasteiger partial charge in [-0.25, -0.2) is 14.2 Å². The highest BCUT2D eigenvalue weighted by molar-refractivity contribution is 6.23. The van der Waals surface area contributed by atoms with Gasteiger partial charge in [0.2, 0.25) is 0 Å². The lowest BCUT2D eigenvalue weighted by molar-refractivity contribution is -0.526. The first-order valence-corrected chi connectivity index (χ1v) is 11.5. The molecule has 1 unspecified atom stereocenters. The summed E-state index contributed by atoms with van der Waals surface area (Å²) in [5, 5.41) is 0. The Labute approximate surface area is 199 Å². The average Bonchev–Trinajstić information content (AvgIpc) is 3.20. The Hall–Kier alpha value is -3.53. The Morgan fingerprint density at radius 2 is 1.82 bits per heavy atom. The molecule has 1 aromatic carbocycles. The van der Waals surface area contributed by atoms with Crippen molar-refractivity contribution in [2.75, 3.05) is 60.0 Å². The number of amides is 4. The van der Waals surface area contributed by atoms with Crippen LogP contribution in [0.1, 0.15) is 12.5 Å². The first kappa shape index (κ1) is 23.6. The lowest BCUT2D eigenvalue weighted by atomic mass is 10.1. The summed E-state index contributed by atoms with van der Waals surface area (Å²) in [6.45, 7) is 5.64. The van der Waals surface area contributed by atoms with Gasteiger partial charge in [-0.15, -0.1) is 0 Å². The van der Waals surface area contributed by atoms with Crippen LogP contribution < -0.4 is 0 Å². The van der Waals surface area contributed by atoms with Crippen LogP contribution in [0.5, 0.6) is 0 Å². The number of carbonyl (C=O) groups is 3. The fourth-order valence-electron chi connectivity index (χ4n) is 4.36. The van der Waals surface area contributed by atoms with Gasteiger partial charge >= 0.3 is 18.0 Å². The number of hydrogen-bond donors (Lipinski definition) is 0. The van der Waals surface area contributed by atoms with E-state index in [0.717, 1.165) is 16.3 Å². The molecule has 2 fully saturated rings. The van der Waals surface area contributed by atoms with Crippen LogP contribution in [0.25, 0.3) is 6.08 Å². The summed E-state index contributed by atoms with van der Waals surface area (Å²) in [6.07, 6.45) is 3.74. The van der Waals surface area contributed by atoms with Gasteiger partial charge in [0, 0.05) is 40.3 Å². The summed E-state index contributed by atoms with van der Waals surface area (Å²) < 4.78 is 7.07. The number of urea groups is 1. The lowest BCUT2D eigenvalue weighted by Gasteiger charge is -2.33. The second-order valence-corrected chi connectivity index (χ2v) is 8.46. The van der Waals surface area contributed by atoms with Crippen molar-refractivity contribution in [3.05, 3.63) is 42.0 Å². The second-order valence-electron chi connectivity index (χ2n) is 8.46. The van der Waals surface area contributed by atoms with E-state index >= 15 is 0 Å². The van der Waals surface area contributed by atoms with Gasteiger partial charge in [-0.1, -0.05) is 36.4 Å². The molecule has 0 aliphatic carbocycles. The number of benzene rings is 1. The molecular formula is C24H31N6O4+. The van der Waals surface area contributed by atoms with Gasteiger partial charge in [0.15, 0.2) is 0 Å². The largest absolute Gasteiger partial charge is 0.450 e. The third kappa shape index (κ3) is 4.72. The predicted molar refractivity (Wildman–Crippen MR) is 128 cm³/mol. The zero-order valence-corrected chi connectivity index (χ0v) is 19.9. The molecule has 0 aromatic heterocycles. The molecule has 0 spiro atoms. The first-order chi connectivity index (χ1) is 16.4. The van der Waals surface area contributed by atoms with Crippen LogP contribution in [0, 0.1) is 0 Å². The van der Waals surface area contributed by atoms with Gasteiger partial charge in [-0.05, 0) is 23.6 Å². The molecule has 4 rings (SSSR count). The van der Waals surface area contributed by atoms with Crippen molar-refractivity contribution in [1.29, 1.82) is 0 Å². The molecule has 0 N–H and O–H groups in total. The van der Waals surface area contributed by atoms with E-state index in [2.05, 4.69) is 4.90 Å². The minimum atomic E-state index is -0.635. The highest BCUT2D eigenvalue weighted by atomic mass is 16.6. The molecule has 1 atom stereocenters. The fraction of sp³-hybridized carbons (Fsp3) is 0.458. The number of likely N-dealkylation sites (N-methyl/N-ethyl adjacent to an activating group) is 2. The maximum atomic E-state index is 13.1. The van der Waals surface area contributed by atoms with E-state index in [-0.39, 0.29) is 18.0 Å². The van der Waals surface area contributed by atoms with Crippen molar-refractivity contribution >= 4 is 35.8 Å². The maximum absolute atomic E-state index is 13.1. The highest BCUT2D eigenvalue weighted by Crippen LogP contribution is 2.20. The zero-order valence-electron chi connectivity index (χ0n) is 19.9. The van der Waals surface area contributed by atoms with Crippen LogP contribution in [0.15, 0.2) is 41.4 Å². The summed E-state index contributed by atoms with van der Waals surface area (Å²) in [4.78, 5) is 48.8. The Kier molecular flexibility index (Phi) is 7.06. The number of nitrogens with zero attached hydrogens (tertiary/aromatic N) is 6. The number of imide groups is 1. The summed E-state index contributed by atoms with van der Waals surface area (Å²) in [5.74, 6) is 0.920. The number of rotatable bonds is 6. The first-order valence-electron chi connectivity index (χ1n) is 11.5. The summed E-state index contributed by atoms with van der Waals surface area (Å²) in [5.41, 5.74) is 1.07. The Morgan fingerprint density at radius 1 is 1.12 bits per heavy atom. The van der Waals surface area contributed by atoms with Gasteiger partial charge in [-0.3, -0.25) is 19.5 Å². The van der Waals surface area contributed by atoms with Crippen molar-refractivity contribution < 1.29 is 23.7 Å². The number of fused-ring (bicyclic) bond motifs is 1. The van der Waals surface area contributed by atoms with Crippen molar-refractivity contribution in [2.24, 2.45) is 4.99 Å². The minimum absolute atomic E-state index is 0.280. The third-order valence-corrected chi connectivity index (χ3v) is 6.29. The smallest absolute Gasteiger partial charge is 0.409 e. The van der Waals surface area contributed by atoms with Crippen LogP contribution in [0.4, 0.5) is 9.59 Å². The molecule has 3 aliphatic rings. The van der Waals surface area contributed by atoms with E-state index in [1.165, 1.54) is 11.9 Å². The quantitative estimate of drug-likeness (QED) is 0.587. The number of amidine groups is 2. The topological polar surface area (TPSA) is 88.8 Å². The summed E-state index contributed by atoms with van der Waals surface area (Å²) in [7, 11) is 3.15. The molecule has 10 nitrogen and oxygen atoms in total. The number of carbonyl (C=O) groups excluding carboxylic acids is 3. The van der Waals surface area contributed by atoms with Crippen molar-refractivity contribution in [1.82, 2.24) is 19.6 Å². The number of aliphatic imine (C=N–C) groups is 1. The molecule has 34 heavy (non-hydrogen) atoms. The van der Waals surface area contributed by atoms with Crippen molar-refractivity contribution in [3.8, 4) is 0 Å². The van der Waals surface area contributed by atoms with E-state index in [4.69, 9.17) is 9.73 Å². The van der Waals surface area contributed by atoms with Crippen LogP contribution in [-0.2, 0) is 9.53 Å². The van der Waals surface area contributed by atoms with Crippen LogP contribution in [0.2, 0.25) is 0 Å². The number of ether oxygens (including phenoxy) is 1. The predicted octanol–water partition coefficient (Wildman–Crippen LogP) is 1.19. The van der Waals surface area contributed by atoms with Crippen molar-refractivity contribution in [2.45, 2.75) is 13.0 Å². The maximum Gasteiger partial charge on any atom is 0.409 e. The van der Waals surface area contributed by atoms with Gasteiger partial charge in [0.25, 0.3) is 17.8 Å². The fourth-order valence-corrected chi connectivity index (χ4v) is 4.36. The molecule has 3 heterocycles. The summed E-state index contributed by atoms with van der Waals surface area (Å²) >= 11 is 0. The van der Waals surface area contributed by atoms with Gasteiger partial charge < -0.3 is 9.64 Å². The molecule has 0 radical (unpaired) electrons. The van der Waals surface area contributed by atoms with Crippen LogP contribution >= 0.6 is 0 Å². The van der Waals surface area contributed by atoms with Gasteiger partial charge in [0.1, 0.15) is 13.1 Å². The van der Waals surface area contributed by atoms with Gasteiger partial charge in [-0.2, -0.15) is 0 Å². The van der Waals surface area contributed by atoms with Crippen molar-refractivity contribution in [3.63, 3.8) is 0 Å². The Bertz CT molecular complexity index is 1040. The van der Waals surface area contributed by atoms with Crippen LogP contribution in [0.3, 0.4) is 0 Å². The third-order valence-electron chi connectivity index (χ3n) is 6.29. The molecular weight excluding hydrogens is 436 g/mol. The van der Waals surface area contributed by atoms with E-state index in [9.17, 15) is 14.4 Å². The minimum Gasteiger partial charge on any atom is -0.450 e. The van der Waals surface area contributed by atoms with E-state index in [0.29, 0.717) is 51.7 Å². The Morgan fingerprint density at radius 3 is 2.50 bits per heavy atom. The summed E-state index contributed by atoms with van der Waals surface area (Å²) in [6, 6.07) is 8.93. The molecule has 3 aliphatic heterocycles. The average molecular weight is 468 g/mol. The SMILES string of the molecule is CCOC(=O)N1CCN(CC2=[N+](C/C=C/c3ccccc3)C3C(=O)N(C)C(=O)N(C)C3=N2)CC1. The van der Waals surface area contributed by atoms with E-state index in [1.54, 1.807) is 18.9 Å². The highest BCUT2D eigenvalue weighted by Gasteiger charge is 2.52. The van der Waals surface area contributed by atoms with Gasteiger partial charge in [0.05, 0.1) is 6.61 Å². The number of hydrogen-bond acceptors (Lipinski definition) is 6. The monoisotopic (exact) mass is 467 g/mol. The van der Waals surface area contributed by atoms with E-state index < -0.39 is 6.04 Å². The normalized spacial score (nSPS) is 21.4. The second kappa shape index (κ2) is 10.2.